The first kappa shape index (κ1) is 18.5. The lowest BCUT2D eigenvalue weighted by atomic mass is 10.1. The van der Waals surface area contributed by atoms with Gasteiger partial charge in [-0.05, 0) is 29.8 Å². The van der Waals surface area contributed by atoms with E-state index in [9.17, 15) is 8.42 Å². The van der Waals surface area contributed by atoms with Gasteiger partial charge >= 0.3 is 0 Å². The Morgan fingerprint density at radius 2 is 1.73 bits per heavy atom. The van der Waals surface area contributed by atoms with Crippen LogP contribution in [0.15, 0.2) is 59.5 Å². The molecular formula is C19H21N3O3S. The van der Waals surface area contributed by atoms with Gasteiger partial charge in [-0.15, -0.1) is 0 Å². The van der Waals surface area contributed by atoms with E-state index in [-0.39, 0.29) is 10.9 Å². The molecule has 1 heterocycles. The zero-order valence-electron chi connectivity index (χ0n) is 14.3. The summed E-state index contributed by atoms with van der Waals surface area (Å²) in [7, 11) is -3.70. The van der Waals surface area contributed by atoms with E-state index in [1.807, 2.05) is 36.4 Å². The lowest BCUT2D eigenvalue weighted by molar-refractivity contribution is 0.0345. The van der Waals surface area contributed by atoms with Crippen LogP contribution in [0.5, 0.6) is 0 Å². The number of hydrogen-bond donors (Lipinski definition) is 1. The van der Waals surface area contributed by atoms with E-state index in [4.69, 9.17) is 10.00 Å². The standard InChI is InChI=1S/C19H21N3O3S/c20-14-16-6-8-18(9-7-16)26(23,24)21-19(17-4-2-1-3-5-17)15-22-10-12-25-13-11-22/h1-9,19,21H,10-13,15H2. The minimum absolute atomic E-state index is 0.152. The maximum Gasteiger partial charge on any atom is 0.241 e. The Labute approximate surface area is 154 Å². The molecule has 1 N–H and O–H groups in total. The largest absolute Gasteiger partial charge is 0.379 e. The first-order chi connectivity index (χ1) is 12.6. The Kier molecular flexibility index (Phi) is 6.01. The highest BCUT2D eigenvalue weighted by Gasteiger charge is 2.24. The fraction of sp³-hybridized carbons (Fsp3) is 0.316. The zero-order chi connectivity index (χ0) is 18.4. The van der Waals surface area contributed by atoms with Crippen molar-refractivity contribution in [2.45, 2.75) is 10.9 Å². The number of nitrogens with one attached hydrogen (secondary N) is 1. The average Bonchev–Trinajstić information content (AvgIpc) is 2.69. The molecule has 0 saturated carbocycles. The summed E-state index contributed by atoms with van der Waals surface area (Å²) in [5.74, 6) is 0. The maximum absolute atomic E-state index is 12.8. The van der Waals surface area contributed by atoms with Crippen molar-refractivity contribution in [3.05, 3.63) is 65.7 Å². The minimum Gasteiger partial charge on any atom is -0.379 e. The van der Waals surface area contributed by atoms with Crippen LogP contribution in [-0.2, 0) is 14.8 Å². The van der Waals surface area contributed by atoms with Gasteiger partial charge in [-0.2, -0.15) is 5.26 Å². The number of morpholine rings is 1. The van der Waals surface area contributed by atoms with Gasteiger partial charge in [0.05, 0.1) is 35.8 Å². The van der Waals surface area contributed by atoms with Crippen LogP contribution in [0, 0.1) is 11.3 Å². The summed E-state index contributed by atoms with van der Waals surface area (Å²) >= 11 is 0. The highest BCUT2D eigenvalue weighted by atomic mass is 32.2. The molecule has 0 radical (unpaired) electrons. The van der Waals surface area contributed by atoms with Crippen molar-refractivity contribution in [2.24, 2.45) is 0 Å². The molecule has 1 unspecified atom stereocenters. The SMILES string of the molecule is N#Cc1ccc(S(=O)(=O)NC(CN2CCOCC2)c2ccccc2)cc1. The second kappa shape index (κ2) is 8.43. The number of ether oxygens (including phenoxy) is 1. The quantitative estimate of drug-likeness (QED) is 0.839. The van der Waals surface area contributed by atoms with E-state index in [1.54, 1.807) is 0 Å². The van der Waals surface area contributed by atoms with Crippen molar-refractivity contribution in [1.29, 1.82) is 5.26 Å². The molecule has 1 saturated heterocycles. The van der Waals surface area contributed by atoms with Crippen molar-refractivity contribution in [1.82, 2.24) is 9.62 Å². The minimum atomic E-state index is -3.70. The van der Waals surface area contributed by atoms with Gasteiger partial charge < -0.3 is 4.74 Å². The van der Waals surface area contributed by atoms with Gasteiger partial charge in [-0.25, -0.2) is 13.1 Å². The van der Waals surface area contributed by atoms with Crippen LogP contribution >= 0.6 is 0 Å². The van der Waals surface area contributed by atoms with Gasteiger partial charge in [-0.1, -0.05) is 30.3 Å². The predicted molar refractivity (Wildman–Crippen MR) is 97.9 cm³/mol. The third-order valence-electron chi connectivity index (χ3n) is 4.34. The van der Waals surface area contributed by atoms with Crippen molar-refractivity contribution in [2.75, 3.05) is 32.8 Å². The maximum atomic E-state index is 12.8. The third-order valence-corrected chi connectivity index (χ3v) is 5.83. The van der Waals surface area contributed by atoms with Crippen molar-refractivity contribution < 1.29 is 13.2 Å². The molecule has 1 fully saturated rings. The van der Waals surface area contributed by atoms with Gasteiger partial charge in [0.15, 0.2) is 0 Å². The Morgan fingerprint density at radius 1 is 1.08 bits per heavy atom. The van der Waals surface area contributed by atoms with Crippen LogP contribution in [-0.4, -0.2) is 46.2 Å². The number of rotatable bonds is 6. The van der Waals surface area contributed by atoms with Crippen LogP contribution in [0.2, 0.25) is 0 Å². The number of hydrogen-bond acceptors (Lipinski definition) is 5. The Bertz CT molecular complexity index is 855. The van der Waals surface area contributed by atoms with Crippen LogP contribution in [0.3, 0.4) is 0 Å². The van der Waals surface area contributed by atoms with E-state index in [2.05, 4.69) is 9.62 Å². The monoisotopic (exact) mass is 371 g/mol. The molecule has 1 atom stereocenters. The molecule has 7 heteroatoms. The Morgan fingerprint density at radius 3 is 2.35 bits per heavy atom. The predicted octanol–water partition coefficient (Wildman–Crippen LogP) is 1.91. The molecule has 6 nitrogen and oxygen atoms in total. The summed E-state index contributed by atoms with van der Waals surface area (Å²) in [5, 5.41) is 8.88. The average molecular weight is 371 g/mol. The lowest BCUT2D eigenvalue weighted by Gasteiger charge is -2.31. The van der Waals surface area contributed by atoms with Crippen molar-refractivity contribution in [3.8, 4) is 6.07 Å². The number of nitriles is 1. The van der Waals surface area contributed by atoms with Gasteiger partial charge in [0, 0.05) is 19.6 Å². The summed E-state index contributed by atoms with van der Waals surface area (Å²) in [6.45, 7) is 3.44. The molecule has 1 aliphatic heterocycles. The summed E-state index contributed by atoms with van der Waals surface area (Å²) in [6.07, 6.45) is 0. The highest BCUT2D eigenvalue weighted by molar-refractivity contribution is 7.89. The summed E-state index contributed by atoms with van der Waals surface area (Å²) in [4.78, 5) is 2.35. The molecule has 0 amide bonds. The Hall–Kier alpha value is -2.24. The van der Waals surface area contributed by atoms with Gasteiger partial charge in [-0.3, -0.25) is 4.90 Å². The summed E-state index contributed by atoms with van der Waals surface area (Å²) in [5.41, 5.74) is 1.34. The number of sulfonamides is 1. The zero-order valence-corrected chi connectivity index (χ0v) is 15.2. The first-order valence-electron chi connectivity index (χ1n) is 8.46. The van der Waals surface area contributed by atoms with Crippen molar-refractivity contribution in [3.63, 3.8) is 0 Å². The Balaban J connectivity index is 1.82. The van der Waals surface area contributed by atoms with Gasteiger partial charge in [0.1, 0.15) is 0 Å². The third kappa shape index (κ3) is 4.68. The summed E-state index contributed by atoms with van der Waals surface area (Å²) < 4.78 is 33.8. The molecular weight excluding hydrogens is 350 g/mol. The molecule has 2 aromatic carbocycles. The van der Waals surface area contributed by atoms with Gasteiger partial charge in [0.25, 0.3) is 0 Å². The normalized spacial score (nSPS) is 16.7. The molecule has 0 aliphatic carbocycles. The smallest absolute Gasteiger partial charge is 0.241 e. The number of nitrogens with zero attached hydrogens (tertiary/aromatic N) is 2. The number of benzene rings is 2. The van der Waals surface area contributed by atoms with Crippen LogP contribution in [0.1, 0.15) is 17.2 Å². The molecule has 0 aromatic heterocycles. The van der Waals surface area contributed by atoms with E-state index >= 15 is 0 Å². The second-order valence-electron chi connectivity index (χ2n) is 6.13. The lowest BCUT2D eigenvalue weighted by Crippen LogP contribution is -2.43. The molecule has 2 aromatic rings. The summed E-state index contributed by atoms with van der Waals surface area (Å²) in [6, 6.07) is 17.1. The molecule has 136 valence electrons. The topological polar surface area (TPSA) is 82.4 Å². The van der Waals surface area contributed by atoms with Crippen molar-refractivity contribution >= 4 is 10.0 Å². The van der Waals surface area contributed by atoms with E-state index in [0.717, 1.165) is 18.7 Å². The second-order valence-corrected chi connectivity index (χ2v) is 7.85. The van der Waals surface area contributed by atoms with Crippen LogP contribution in [0.25, 0.3) is 0 Å². The van der Waals surface area contributed by atoms with Crippen LogP contribution in [0.4, 0.5) is 0 Å². The molecule has 26 heavy (non-hydrogen) atoms. The fourth-order valence-corrected chi connectivity index (χ4v) is 4.12. The molecule has 0 bridgehead atoms. The van der Waals surface area contributed by atoms with E-state index in [1.165, 1.54) is 24.3 Å². The first-order valence-corrected chi connectivity index (χ1v) is 9.94. The molecule has 0 spiro atoms. The van der Waals surface area contributed by atoms with Crippen LogP contribution < -0.4 is 4.72 Å². The van der Waals surface area contributed by atoms with E-state index < -0.39 is 10.0 Å². The van der Waals surface area contributed by atoms with E-state index in [0.29, 0.717) is 25.3 Å². The fourth-order valence-electron chi connectivity index (χ4n) is 2.90. The van der Waals surface area contributed by atoms with Gasteiger partial charge in [0.2, 0.25) is 10.0 Å². The molecule has 3 rings (SSSR count). The molecule has 1 aliphatic rings. The highest BCUT2D eigenvalue weighted by Crippen LogP contribution is 2.19.